The van der Waals surface area contributed by atoms with Crippen molar-refractivity contribution in [2.24, 2.45) is 0 Å². The van der Waals surface area contributed by atoms with Crippen LogP contribution in [0.3, 0.4) is 0 Å². The van der Waals surface area contributed by atoms with E-state index >= 15 is 0 Å². The Bertz CT molecular complexity index is 2660. The van der Waals surface area contributed by atoms with Gasteiger partial charge >= 0.3 is 0 Å². The molecule has 8 aromatic rings. The minimum Gasteiger partial charge on any atom is -0.309 e. The van der Waals surface area contributed by atoms with Gasteiger partial charge in [0.25, 0.3) is 0 Å². The maximum Gasteiger partial charge on any atom is 0.0731 e. The lowest BCUT2D eigenvalue weighted by Gasteiger charge is -2.25. The van der Waals surface area contributed by atoms with Gasteiger partial charge in [-0.3, -0.25) is 9.97 Å². The summed E-state index contributed by atoms with van der Waals surface area (Å²) in [5.74, 6) is 0. The first-order valence-corrected chi connectivity index (χ1v) is 17.4. The van der Waals surface area contributed by atoms with Gasteiger partial charge in [-0.2, -0.15) is 0 Å². The lowest BCUT2D eigenvalue weighted by molar-refractivity contribution is 0.659. The molecule has 51 heavy (non-hydrogen) atoms. The first kappa shape index (κ1) is 30.7. The number of nitrogens with zero attached hydrogens (tertiary/aromatic N) is 4. The van der Waals surface area contributed by atoms with Gasteiger partial charge in [0.15, 0.2) is 0 Å². The molecule has 4 heterocycles. The van der Waals surface area contributed by atoms with Gasteiger partial charge in [-0.05, 0) is 106 Å². The predicted octanol–water partition coefficient (Wildman–Crippen LogP) is 11.9. The van der Waals surface area contributed by atoms with E-state index in [0.29, 0.717) is 0 Å². The first-order chi connectivity index (χ1) is 25.0. The number of pyridine rings is 3. The van der Waals surface area contributed by atoms with E-state index in [0.717, 1.165) is 39.3 Å². The van der Waals surface area contributed by atoms with Crippen LogP contribution in [0.1, 0.15) is 31.9 Å². The van der Waals surface area contributed by atoms with Crippen molar-refractivity contribution in [2.75, 3.05) is 0 Å². The molecule has 4 aromatic heterocycles. The highest BCUT2D eigenvalue weighted by atomic mass is 15.0. The van der Waals surface area contributed by atoms with Crippen LogP contribution in [0.5, 0.6) is 0 Å². The molecule has 4 nitrogen and oxygen atoms in total. The molecule has 0 spiro atoms. The van der Waals surface area contributed by atoms with E-state index in [4.69, 9.17) is 4.98 Å². The van der Waals surface area contributed by atoms with Gasteiger partial charge in [0.2, 0.25) is 0 Å². The molecule has 1 aliphatic rings. The fourth-order valence-corrected chi connectivity index (χ4v) is 8.21. The van der Waals surface area contributed by atoms with Gasteiger partial charge in [0.05, 0.1) is 22.4 Å². The Morgan fingerprint density at radius 1 is 0.667 bits per heavy atom. The quantitative estimate of drug-likeness (QED) is 0.179. The first-order valence-electron chi connectivity index (χ1n) is 17.4. The predicted molar refractivity (Wildman–Crippen MR) is 213 cm³/mol. The summed E-state index contributed by atoms with van der Waals surface area (Å²) in [4.78, 5) is 13.8. The van der Waals surface area contributed by atoms with Crippen molar-refractivity contribution >= 4 is 38.2 Å². The van der Waals surface area contributed by atoms with Crippen LogP contribution in [0, 0.1) is 0 Å². The van der Waals surface area contributed by atoms with Crippen LogP contribution in [0.25, 0.3) is 77.5 Å². The second-order valence-electron chi connectivity index (χ2n) is 13.7. The molecule has 0 bridgehead atoms. The number of allylic oxidation sites excluding steroid dienone is 5. The van der Waals surface area contributed by atoms with Gasteiger partial charge in [0, 0.05) is 57.8 Å². The normalized spacial score (nSPS) is 13.9. The monoisotopic (exact) mass is 656 g/mol. The standard InChI is InChI=1S/C47H36N4/c1-5-13-37-39(6-2)47(3,4)45-43(37)35-16-7-8-17-36(35)44-38-18-9-10-19-42(38)51(46(44)45)34-22-20-30(21-23-34)33-26-40(31-14-11-24-48-28-31)50-41(27-33)32-15-12-25-49-29-32/h5-29H,2H2,1,3-4H3/b13-5-. The van der Waals surface area contributed by atoms with Crippen molar-refractivity contribution in [1.29, 1.82) is 0 Å². The summed E-state index contributed by atoms with van der Waals surface area (Å²) >= 11 is 0. The molecule has 0 N–H and O–H groups in total. The summed E-state index contributed by atoms with van der Waals surface area (Å²) in [6.07, 6.45) is 13.8. The Balaban J connectivity index is 1.30. The summed E-state index contributed by atoms with van der Waals surface area (Å²) in [6.45, 7) is 11.1. The third kappa shape index (κ3) is 4.71. The third-order valence-electron chi connectivity index (χ3n) is 10.4. The van der Waals surface area contributed by atoms with Crippen molar-refractivity contribution in [2.45, 2.75) is 26.2 Å². The molecule has 0 saturated heterocycles. The van der Waals surface area contributed by atoms with Crippen LogP contribution >= 0.6 is 0 Å². The lowest BCUT2D eigenvalue weighted by atomic mass is 9.79. The fourth-order valence-electron chi connectivity index (χ4n) is 8.21. The SMILES string of the molecule is C=CC1=C(/C=C\C)c2c(c3c(c4ccccc24)c2ccccc2n3-c2ccc(-c3cc(-c4cccnc4)nc(-c4cccnc4)c3)cc2)C1(C)C. The van der Waals surface area contributed by atoms with Crippen LogP contribution in [-0.4, -0.2) is 19.5 Å². The van der Waals surface area contributed by atoms with Gasteiger partial charge in [0.1, 0.15) is 0 Å². The highest BCUT2D eigenvalue weighted by molar-refractivity contribution is 6.26. The number of hydrogen-bond donors (Lipinski definition) is 0. The summed E-state index contributed by atoms with van der Waals surface area (Å²) < 4.78 is 2.48. The van der Waals surface area contributed by atoms with Crippen molar-refractivity contribution < 1.29 is 0 Å². The van der Waals surface area contributed by atoms with E-state index in [1.807, 2.05) is 24.5 Å². The summed E-state index contributed by atoms with van der Waals surface area (Å²) in [5, 5.41) is 5.09. The number of benzene rings is 4. The zero-order valence-electron chi connectivity index (χ0n) is 28.9. The van der Waals surface area contributed by atoms with Crippen molar-refractivity contribution in [3.05, 3.63) is 175 Å². The lowest BCUT2D eigenvalue weighted by Crippen LogP contribution is -2.18. The van der Waals surface area contributed by atoms with Gasteiger partial charge in [-0.15, -0.1) is 0 Å². The molecule has 0 saturated carbocycles. The van der Waals surface area contributed by atoms with Crippen LogP contribution < -0.4 is 0 Å². The average Bonchev–Trinajstić information content (AvgIpc) is 3.64. The largest absolute Gasteiger partial charge is 0.309 e. The van der Waals surface area contributed by atoms with E-state index < -0.39 is 0 Å². The Kier molecular flexibility index (Phi) is 7.15. The van der Waals surface area contributed by atoms with E-state index in [1.165, 1.54) is 54.9 Å². The molecule has 0 radical (unpaired) electrons. The topological polar surface area (TPSA) is 43.6 Å². The Labute approximate surface area is 297 Å². The molecule has 4 aromatic carbocycles. The maximum absolute atomic E-state index is 5.03. The van der Waals surface area contributed by atoms with E-state index in [2.05, 4.69) is 157 Å². The van der Waals surface area contributed by atoms with Crippen LogP contribution in [0.15, 0.2) is 164 Å². The molecule has 0 fully saturated rings. The molecular weight excluding hydrogens is 621 g/mol. The van der Waals surface area contributed by atoms with Crippen molar-refractivity contribution in [1.82, 2.24) is 19.5 Å². The van der Waals surface area contributed by atoms with E-state index in [-0.39, 0.29) is 5.41 Å². The summed E-state index contributed by atoms with van der Waals surface area (Å²) in [5.41, 5.74) is 14.3. The number of hydrogen-bond acceptors (Lipinski definition) is 3. The second kappa shape index (κ2) is 11.9. The fraction of sp³-hybridized carbons (Fsp3) is 0.0851. The zero-order valence-corrected chi connectivity index (χ0v) is 28.9. The molecule has 0 unspecified atom stereocenters. The van der Waals surface area contributed by atoms with Gasteiger partial charge in [-0.1, -0.05) is 93.3 Å². The Morgan fingerprint density at radius 3 is 1.90 bits per heavy atom. The second-order valence-corrected chi connectivity index (χ2v) is 13.7. The smallest absolute Gasteiger partial charge is 0.0731 e. The molecule has 0 amide bonds. The van der Waals surface area contributed by atoms with Crippen molar-refractivity contribution in [3.8, 4) is 39.3 Å². The third-order valence-corrected chi connectivity index (χ3v) is 10.4. The number of aromatic nitrogens is 4. The van der Waals surface area contributed by atoms with Gasteiger partial charge in [-0.25, -0.2) is 4.98 Å². The molecule has 244 valence electrons. The molecule has 0 aliphatic heterocycles. The number of fused-ring (bicyclic) bond motifs is 8. The van der Waals surface area contributed by atoms with Gasteiger partial charge < -0.3 is 4.57 Å². The Morgan fingerprint density at radius 2 is 1.29 bits per heavy atom. The van der Waals surface area contributed by atoms with Crippen LogP contribution in [-0.2, 0) is 5.41 Å². The van der Waals surface area contributed by atoms with E-state index in [1.54, 1.807) is 12.4 Å². The zero-order chi connectivity index (χ0) is 34.7. The summed E-state index contributed by atoms with van der Waals surface area (Å²) in [7, 11) is 0. The maximum atomic E-state index is 5.03. The summed E-state index contributed by atoms with van der Waals surface area (Å²) in [6, 6.07) is 39.0. The van der Waals surface area contributed by atoms with E-state index in [9.17, 15) is 0 Å². The van der Waals surface area contributed by atoms with Crippen molar-refractivity contribution in [3.63, 3.8) is 0 Å². The number of rotatable bonds is 6. The molecule has 9 rings (SSSR count). The molecule has 1 aliphatic carbocycles. The van der Waals surface area contributed by atoms with Crippen LogP contribution in [0.2, 0.25) is 0 Å². The van der Waals surface area contributed by atoms with Crippen LogP contribution in [0.4, 0.5) is 0 Å². The minimum absolute atomic E-state index is 0.261. The minimum atomic E-state index is -0.261. The molecule has 4 heteroatoms. The highest BCUT2D eigenvalue weighted by Gasteiger charge is 2.40. The molecular formula is C47H36N4. The Hall–Kier alpha value is -6.39. The highest BCUT2D eigenvalue weighted by Crippen LogP contribution is 2.55. The average molecular weight is 657 g/mol. The molecule has 0 atom stereocenters. The number of para-hydroxylation sites is 1.